The molecular formula is C24H19P3. The van der Waals surface area contributed by atoms with E-state index in [1.807, 2.05) is 0 Å². The van der Waals surface area contributed by atoms with E-state index >= 15 is 0 Å². The quantitative estimate of drug-likeness (QED) is 0.415. The van der Waals surface area contributed by atoms with Crippen LogP contribution in [0.15, 0.2) is 115 Å². The topological polar surface area (TPSA) is 0 Å². The maximum Gasteiger partial charge on any atom is -0.00622 e. The van der Waals surface area contributed by atoms with Crippen molar-refractivity contribution in [2.45, 2.75) is 0 Å². The molecule has 0 amide bonds. The normalized spacial score (nSPS) is 21.0. The standard InChI is InChI=1S/C24H19P3/c1-4-12-20(13-5-1)25-23-18-10-11-19-24(23)26(21-14-6-2-7-15-21)27(25)22-16-8-3-9-17-22/h1-19H. The molecule has 0 radical (unpaired) electrons. The zero-order valence-corrected chi connectivity index (χ0v) is 17.5. The van der Waals surface area contributed by atoms with E-state index < -0.39 is 0 Å². The van der Waals surface area contributed by atoms with Gasteiger partial charge in [-0.2, -0.15) is 0 Å². The lowest BCUT2D eigenvalue weighted by Crippen LogP contribution is -2.20. The summed E-state index contributed by atoms with van der Waals surface area (Å²) < 4.78 is 0. The highest BCUT2D eigenvalue weighted by atomic mass is 32.5. The van der Waals surface area contributed by atoms with Crippen LogP contribution in [0.3, 0.4) is 0 Å². The third kappa shape index (κ3) is 3.17. The molecule has 2 atom stereocenters. The first-order chi connectivity index (χ1) is 13.4. The minimum Gasteiger partial charge on any atom is -0.0622 e. The first-order valence-corrected chi connectivity index (χ1v) is 14.5. The van der Waals surface area contributed by atoms with Gasteiger partial charge in [-0.25, -0.2) is 0 Å². The minimum atomic E-state index is -0.365. The lowest BCUT2D eigenvalue weighted by molar-refractivity contribution is 1.77. The predicted octanol–water partition coefficient (Wildman–Crippen LogP) is 5.20. The van der Waals surface area contributed by atoms with Gasteiger partial charge in [0.15, 0.2) is 0 Å². The van der Waals surface area contributed by atoms with Gasteiger partial charge in [-0.1, -0.05) is 115 Å². The van der Waals surface area contributed by atoms with Gasteiger partial charge in [-0.3, -0.25) is 0 Å². The number of benzene rings is 4. The molecule has 0 saturated carbocycles. The maximum absolute atomic E-state index is 2.39. The molecule has 0 bridgehead atoms. The van der Waals surface area contributed by atoms with Gasteiger partial charge < -0.3 is 0 Å². The highest BCUT2D eigenvalue weighted by Crippen LogP contribution is 2.87. The van der Waals surface area contributed by atoms with Crippen molar-refractivity contribution in [3.05, 3.63) is 115 Å². The Hall–Kier alpha value is -1.83. The molecule has 130 valence electrons. The Kier molecular flexibility index (Phi) is 4.90. The Morgan fingerprint density at radius 2 is 0.667 bits per heavy atom. The van der Waals surface area contributed by atoms with Crippen molar-refractivity contribution in [1.82, 2.24) is 0 Å². The van der Waals surface area contributed by atoms with Crippen molar-refractivity contribution in [2.75, 3.05) is 0 Å². The smallest absolute Gasteiger partial charge is 0.00622 e. The van der Waals surface area contributed by atoms with Gasteiger partial charge in [0.05, 0.1) is 0 Å². The Balaban J connectivity index is 1.77. The molecular weight excluding hydrogens is 381 g/mol. The van der Waals surface area contributed by atoms with Gasteiger partial charge in [0.2, 0.25) is 0 Å². The summed E-state index contributed by atoms with van der Waals surface area (Å²) in [4.78, 5) is 0. The predicted molar refractivity (Wildman–Crippen MR) is 125 cm³/mol. The molecule has 0 spiro atoms. The molecule has 4 aromatic rings. The van der Waals surface area contributed by atoms with Gasteiger partial charge in [-0.15, -0.1) is 0 Å². The van der Waals surface area contributed by atoms with Gasteiger partial charge in [0, 0.05) is 0 Å². The fourth-order valence-corrected chi connectivity index (χ4v) is 21.4. The number of hydrogen-bond acceptors (Lipinski definition) is 0. The fourth-order valence-electron chi connectivity index (χ4n) is 3.54. The molecule has 1 aliphatic heterocycles. The van der Waals surface area contributed by atoms with Crippen LogP contribution in [0.4, 0.5) is 0 Å². The van der Waals surface area contributed by atoms with Crippen molar-refractivity contribution in [3.8, 4) is 0 Å². The third-order valence-electron chi connectivity index (χ3n) is 4.71. The van der Waals surface area contributed by atoms with E-state index in [0.717, 1.165) is 0 Å². The average Bonchev–Trinajstić information content (AvgIpc) is 3.11. The first-order valence-electron chi connectivity index (χ1n) is 9.08. The van der Waals surface area contributed by atoms with Gasteiger partial charge in [0.1, 0.15) is 0 Å². The van der Waals surface area contributed by atoms with E-state index in [0.29, 0.717) is 0 Å². The van der Waals surface area contributed by atoms with E-state index in [1.165, 1.54) is 15.9 Å². The fraction of sp³-hybridized carbons (Fsp3) is 0. The summed E-state index contributed by atoms with van der Waals surface area (Å²) in [6.45, 7) is 0. The molecule has 1 heterocycles. The zero-order valence-electron chi connectivity index (χ0n) is 14.8. The second-order valence-corrected chi connectivity index (χ2v) is 16.5. The molecule has 27 heavy (non-hydrogen) atoms. The highest BCUT2D eigenvalue weighted by molar-refractivity contribution is 8.71. The number of rotatable bonds is 3. The van der Waals surface area contributed by atoms with Gasteiger partial charge in [0.25, 0.3) is 0 Å². The van der Waals surface area contributed by atoms with Crippen LogP contribution in [0, 0.1) is 0 Å². The average molecular weight is 400 g/mol. The van der Waals surface area contributed by atoms with Crippen LogP contribution in [-0.4, -0.2) is 0 Å². The van der Waals surface area contributed by atoms with E-state index in [9.17, 15) is 0 Å². The summed E-state index contributed by atoms with van der Waals surface area (Å²) in [6, 6.07) is 42.9. The van der Waals surface area contributed by atoms with E-state index in [1.54, 1.807) is 10.6 Å². The summed E-state index contributed by atoms with van der Waals surface area (Å²) >= 11 is 0. The van der Waals surface area contributed by atoms with Crippen molar-refractivity contribution < 1.29 is 0 Å². The van der Waals surface area contributed by atoms with Crippen molar-refractivity contribution in [2.24, 2.45) is 0 Å². The lowest BCUT2D eigenvalue weighted by atomic mass is 10.4. The van der Waals surface area contributed by atoms with Crippen LogP contribution in [-0.2, 0) is 0 Å². The summed E-state index contributed by atoms with van der Waals surface area (Å²) in [5.41, 5.74) is 0. The largest absolute Gasteiger partial charge is 0.0622 e. The molecule has 0 fully saturated rings. The Labute approximate surface area is 164 Å². The summed E-state index contributed by atoms with van der Waals surface area (Å²) in [6.07, 6.45) is 0. The molecule has 4 aromatic carbocycles. The zero-order chi connectivity index (χ0) is 18.1. The minimum absolute atomic E-state index is 0.317. The van der Waals surface area contributed by atoms with Crippen molar-refractivity contribution >= 4 is 49.0 Å². The summed E-state index contributed by atoms with van der Waals surface area (Å²) in [5.74, 6) is 0. The molecule has 2 unspecified atom stereocenters. The highest BCUT2D eigenvalue weighted by Gasteiger charge is 2.42. The van der Waals surface area contributed by atoms with Crippen LogP contribution < -0.4 is 26.5 Å². The van der Waals surface area contributed by atoms with Gasteiger partial charge in [-0.05, 0) is 49.0 Å². The summed E-state index contributed by atoms with van der Waals surface area (Å²) in [7, 11) is -1.05. The van der Waals surface area contributed by atoms with Crippen molar-refractivity contribution in [3.63, 3.8) is 0 Å². The SMILES string of the molecule is c1ccc(P2c3ccccc3P(c3ccccc3)P2c2ccccc2)cc1. The molecule has 3 heteroatoms. The van der Waals surface area contributed by atoms with Crippen LogP contribution >= 0.6 is 22.5 Å². The second-order valence-electron chi connectivity index (χ2n) is 6.41. The second kappa shape index (κ2) is 7.66. The van der Waals surface area contributed by atoms with Crippen LogP contribution in [0.5, 0.6) is 0 Å². The van der Waals surface area contributed by atoms with Crippen LogP contribution in [0.25, 0.3) is 0 Å². The number of hydrogen-bond donors (Lipinski definition) is 0. The molecule has 0 aliphatic carbocycles. The first kappa shape index (κ1) is 17.3. The molecule has 5 rings (SSSR count). The Bertz CT molecular complexity index is 966. The Morgan fingerprint density at radius 3 is 1.07 bits per heavy atom. The molecule has 0 saturated heterocycles. The van der Waals surface area contributed by atoms with Crippen LogP contribution in [0.2, 0.25) is 0 Å². The summed E-state index contributed by atoms with van der Waals surface area (Å²) in [5, 5.41) is 7.73. The van der Waals surface area contributed by atoms with Crippen LogP contribution in [0.1, 0.15) is 0 Å². The lowest BCUT2D eigenvalue weighted by Gasteiger charge is -2.27. The molecule has 0 nitrogen and oxygen atoms in total. The molecule has 1 aliphatic rings. The molecule has 0 N–H and O–H groups in total. The number of fused-ring (bicyclic) bond motifs is 1. The molecule has 0 aromatic heterocycles. The van der Waals surface area contributed by atoms with E-state index in [4.69, 9.17) is 0 Å². The van der Waals surface area contributed by atoms with Gasteiger partial charge >= 0.3 is 0 Å². The van der Waals surface area contributed by atoms with E-state index in [2.05, 4.69) is 115 Å². The van der Waals surface area contributed by atoms with E-state index in [-0.39, 0.29) is 22.5 Å². The monoisotopic (exact) mass is 400 g/mol. The Morgan fingerprint density at radius 1 is 0.333 bits per heavy atom. The van der Waals surface area contributed by atoms with Crippen molar-refractivity contribution in [1.29, 1.82) is 0 Å². The maximum atomic E-state index is 2.39. The third-order valence-corrected chi connectivity index (χ3v) is 19.2.